The molecule has 1 aromatic heterocycles. The van der Waals surface area contributed by atoms with Crippen LogP contribution >= 0.6 is 43.6 Å². The van der Waals surface area contributed by atoms with Crippen molar-refractivity contribution in [3.05, 3.63) is 33.3 Å². The van der Waals surface area contributed by atoms with Crippen LogP contribution in [0.5, 0.6) is 0 Å². The SMILES string of the molecule is CSc1cnc2c(Br)cc(Br)cc2c1. The van der Waals surface area contributed by atoms with Crippen LogP contribution in [0.2, 0.25) is 0 Å². The van der Waals surface area contributed by atoms with E-state index in [1.165, 1.54) is 4.90 Å². The molecule has 0 atom stereocenters. The van der Waals surface area contributed by atoms with Gasteiger partial charge in [0.05, 0.1) is 5.52 Å². The van der Waals surface area contributed by atoms with Gasteiger partial charge in [-0.3, -0.25) is 4.98 Å². The number of pyridine rings is 1. The maximum Gasteiger partial charge on any atom is 0.0845 e. The lowest BCUT2D eigenvalue weighted by atomic mass is 10.2. The Kier molecular flexibility index (Phi) is 3.14. The summed E-state index contributed by atoms with van der Waals surface area (Å²) >= 11 is 8.66. The first kappa shape index (κ1) is 10.5. The molecule has 1 heterocycles. The van der Waals surface area contributed by atoms with Gasteiger partial charge in [-0.25, -0.2) is 0 Å². The normalized spacial score (nSPS) is 10.8. The fourth-order valence-corrected chi connectivity index (χ4v) is 3.03. The van der Waals surface area contributed by atoms with Crippen LogP contribution in [0.1, 0.15) is 0 Å². The van der Waals surface area contributed by atoms with E-state index in [0.29, 0.717) is 0 Å². The number of rotatable bonds is 1. The number of hydrogen-bond acceptors (Lipinski definition) is 2. The summed E-state index contributed by atoms with van der Waals surface area (Å²) in [5.74, 6) is 0. The number of benzene rings is 1. The predicted molar refractivity (Wildman–Crippen MR) is 68.9 cm³/mol. The van der Waals surface area contributed by atoms with Crippen LogP contribution in [0.3, 0.4) is 0 Å². The molecule has 1 aromatic carbocycles. The topological polar surface area (TPSA) is 12.9 Å². The smallest absolute Gasteiger partial charge is 0.0845 e. The third-order valence-electron chi connectivity index (χ3n) is 1.91. The Labute approximate surface area is 104 Å². The first-order chi connectivity index (χ1) is 6.70. The van der Waals surface area contributed by atoms with Gasteiger partial charge >= 0.3 is 0 Å². The molecule has 0 aliphatic rings. The van der Waals surface area contributed by atoms with Crippen LogP contribution in [0, 0.1) is 0 Å². The van der Waals surface area contributed by atoms with E-state index in [9.17, 15) is 0 Å². The monoisotopic (exact) mass is 331 g/mol. The summed E-state index contributed by atoms with van der Waals surface area (Å²) < 4.78 is 2.09. The molecular formula is C10H7Br2NS. The molecule has 0 N–H and O–H groups in total. The minimum atomic E-state index is 1.01. The van der Waals surface area contributed by atoms with Crippen molar-refractivity contribution >= 4 is 54.5 Å². The Morgan fingerprint density at radius 3 is 2.71 bits per heavy atom. The zero-order valence-corrected chi connectivity index (χ0v) is 11.4. The van der Waals surface area contributed by atoms with E-state index in [2.05, 4.69) is 55.2 Å². The van der Waals surface area contributed by atoms with Gasteiger partial charge in [-0.1, -0.05) is 15.9 Å². The quantitative estimate of drug-likeness (QED) is 0.714. The van der Waals surface area contributed by atoms with Crippen molar-refractivity contribution in [3.63, 3.8) is 0 Å². The number of aromatic nitrogens is 1. The molecule has 14 heavy (non-hydrogen) atoms. The van der Waals surface area contributed by atoms with Crippen LogP contribution < -0.4 is 0 Å². The largest absolute Gasteiger partial charge is 0.254 e. The Hall–Kier alpha value is -0.0600. The molecule has 4 heteroatoms. The lowest BCUT2D eigenvalue weighted by Crippen LogP contribution is -1.82. The summed E-state index contributed by atoms with van der Waals surface area (Å²) in [5, 5.41) is 1.15. The zero-order chi connectivity index (χ0) is 10.1. The highest BCUT2D eigenvalue weighted by molar-refractivity contribution is 9.11. The molecular weight excluding hydrogens is 326 g/mol. The van der Waals surface area contributed by atoms with Crippen molar-refractivity contribution in [3.8, 4) is 0 Å². The summed E-state index contributed by atoms with van der Waals surface area (Å²) in [6, 6.07) is 6.23. The van der Waals surface area contributed by atoms with E-state index >= 15 is 0 Å². The van der Waals surface area contributed by atoms with Crippen molar-refractivity contribution in [1.82, 2.24) is 4.98 Å². The molecule has 0 aliphatic carbocycles. The fourth-order valence-electron chi connectivity index (χ4n) is 1.26. The van der Waals surface area contributed by atoms with Gasteiger partial charge in [0.15, 0.2) is 0 Å². The molecule has 0 bridgehead atoms. The summed E-state index contributed by atoms with van der Waals surface area (Å²) in [6.07, 6.45) is 3.95. The van der Waals surface area contributed by atoms with Gasteiger partial charge in [0.2, 0.25) is 0 Å². The second-order valence-corrected chi connectivity index (χ2v) is 5.48. The Morgan fingerprint density at radius 1 is 1.21 bits per heavy atom. The minimum Gasteiger partial charge on any atom is -0.254 e. The van der Waals surface area contributed by atoms with Crippen LogP contribution in [0.25, 0.3) is 10.9 Å². The van der Waals surface area contributed by atoms with E-state index in [1.54, 1.807) is 11.8 Å². The highest BCUT2D eigenvalue weighted by atomic mass is 79.9. The van der Waals surface area contributed by atoms with E-state index in [-0.39, 0.29) is 0 Å². The number of hydrogen-bond donors (Lipinski definition) is 0. The molecule has 0 fully saturated rings. The first-order valence-corrected chi connectivity index (χ1v) is 6.80. The molecule has 0 amide bonds. The fraction of sp³-hybridized carbons (Fsp3) is 0.100. The summed E-state index contributed by atoms with van der Waals surface area (Å²) in [6.45, 7) is 0. The second kappa shape index (κ2) is 4.21. The van der Waals surface area contributed by atoms with Crippen LogP contribution in [0.15, 0.2) is 38.2 Å². The third kappa shape index (κ3) is 1.97. The average Bonchev–Trinajstić information content (AvgIpc) is 2.16. The molecule has 0 spiro atoms. The molecule has 1 nitrogen and oxygen atoms in total. The minimum absolute atomic E-state index is 1.01. The van der Waals surface area contributed by atoms with Gasteiger partial charge in [-0.05, 0) is 40.4 Å². The van der Waals surface area contributed by atoms with Crippen molar-refractivity contribution in [2.75, 3.05) is 6.26 Å². The Morgan fingerprint density at radius 2 is 2.00 bits per heavy atom. The van der Waals surface area contributed by atoms with E-state index in [4.69, 9.17) is 0 Å². The molecule has 2 rings (SSSR count). The van der Waals surface area contributed by atoms with Crippen LogP contribution in [0.4, 0.5) is 0 Å². The molecule has 0 radical (unpaired) electrons. The first-order valence-electron chi connectivity index (χ1n) is 3.99. The molecule has 0 saturated carbocycles. The number of nitrogens with zero attached hydrogens (tertiary/aromatic N) is 1. The number of thioether (sulfide) groups is 1. The molecule has 0 saturated heterocycles. The standard InChI is InChI=1S/C10H7Br2NS/c1-14-8-3-6-2-7(11)4-9(12)10(6)13-5-8/h2-5H,1H3. The van der Waals surface area contributed by atoms with E-state index < -0.39 is 0 Å². The highest BCUT2D eigenvalue weighted by Gasteiger charge is 2.02. The van der Waals surface area contributed by atoms with Crippen LogP contribution in [-0.4, -0.2) is 11.2 Å². The summed E-state index contributed by atoms with van der Waals surface area (Å²) in [4.78, 5) is 5.59. The van der Waals surface area contributed by atoms with Gasteiger partial charge in [0.25, 0.3) is 0 Å². The summed E-state index contributed by atoms with van der Waals surface area (Å²) in [7, 11) is 0. The van der Waals surface area contributed by atoms with Gasteiger partial charge < -0.3 is 0 Å². The van der Waals surface area contributed by atoms with Crippen molar-refractivity contribution in [1.29, 1.82) is 0 Å². The lowest BCUT2D eigenvalue weighted by Gasteiger charge is -2.02. The Balaban J connectivity index is 2.75. The van der Waals surface area contributed by atoms with Crippen molar-refractivity contribution < 1.29 is 0 Å². The van der Waals surface area contributed by atoms with Gasteiger partial charge in [0, 0.05) is 25.4 Å². The van der Waals surface area contributed by atoms with Crippen molar-refractivity contribution in [2.45, 2.75) is 4.90 Å². The highest BCUT2D eigenvalue weighted by Crippen LogP contribution is 2.29. The third-order valence-corrected chi connectivity index (χ3v) is 3.67. The molecule has 72 valence electrons. The number of halogens is 2. The van der Waals surface area contributed by atoms with E-state index in [0.717, 1.165) is 19.8 Å². The summed E-state index contributed by atoms with van der Waals surface area (Å²) in [5.41, 5.74) is 1.01. The van der Waals surface area contributed by atoms with Crippen molar-refractivity contribution in [2.24, 2.45) is 0 Å². The van der Waals surface area contributed by atoms with E-state index in [1.807, 2.05) is 12.3 Å². The van der Waals surface area contributed by atoms with Crippen LogP contribution in [-0.2, 0) is 0 Å². The van der Waals surface area contributed by atoms with Gasteiger partial charge in [-0.2, -0.15) is 0 Å². The molecule has 2 aromatic rings. The van der Waals surface area contributed by atoms with Gasteiger partial charge in [-0.15, -0.1) is 11.8 Å². The molecule has 0 aliphatic heterocycles. The Bertz CT molecular complexity index is 485. The maximum atomic E-state index is 4.40. The zero-order valence-electron chi connectivity index (χ0n) is 7.42. The van der Waals surface area contributed by atoms with Gasteiger partial charge in [0.1, 0.15) is 0 Å². The lowest BCUT2D eigenvalue weighted by molar-refractivity contribution is 1.30. The predicted octanol–water partition coefficient (Wildman–Crippen LogP) is 4.48. The second-order valence-electron chi connectivity index (χ2n) is 2.83. The number of fused-ring (bicyclic) bond motifs is 1. The average molecular weight is 333 g/mol. The molecule has 0 unspecified atom stereocenters. The maximum absolute atomic E-state index is 4.40.